The van der Waals surface area contributed by atoms with Gasteiger partial charge in [0.15, 0.2) is 0 Å². The Morgan fingerprint density at radius 3 is 2.79 bits per heavy atom. The van der Waals surface area contributed by atoms with Gasteiger partial charge in [-0.05, 0) is 111 Å². The van der Waals surface area contributed by atoms with Crippen LogP contribution < -0.4 is 15.8 Å². The Balaban J connectivity index is 1.39. The molecule has 0 spiro atoms. The Morgan fingerprint density at radius 2 is 1.96 bits per heavy atom. The molecule has 0 radical (unpaired) electrons. The van der Waals surface area contributed by atoms with E-state index >= 15 is 0 Å². The van der Waals surface area contributed by atoms with Crippen LogP contribution in [0.5, 0.6) is 5.75 Å². The second-order valence-corrected chi connectivity index (χ2v) is 9.81. The van der Waals surface area contributed by atoms with E-state index in [0.717, 1.165) is 36.1 Å². The number of nitrogens with two attached hydrogens (primary N) is 1. The van der Waals surface area contributed by atoms with Crippen molar-refractivity contribution in [1.29, 1.82) is 0 Å². The summed E-state index contributed by atoms with van der Waals surface area (Å²) in [6, 6.07) is 7.58. The van der Waals surface area contributed by atoms with Gasteiger partial charge in [0.05, 0.1) is 7.11 Å². The van der Waals surface area contributed by atoms with Gasteiger partial charge in [-0.25, -0.2) is 0 Å². The molecule has 0 amide bonds. The third-order valence-corrected chi connectivity index (χ3v) is 8.46. The van der Waals surface area contributed by atoms with Crippen molar-refractivity contribution < 1.29 is 4.74 Å². The first-order valence-electron chi connectivity index (χ1n) is 11.8. The molecule has 2 fully saturated rings. The van der Waals surface area contributed by atoms with Crippen LogP contribution in [0.25, 0.3) is 0 Å². The van der Waals surface area contributed by atoms with E-state index in [9.17, 15) is 0 Å². The zero-order valence-electron chi connectivity index (χ0n) is 18.0. The molecular formula is C25H40N2O. The van der Waals surface area contributed by atoms with Crippen LogP contribution >= 0.6 is 0 Å². The van der Waals surface area contributed by atoms with Crippen LogP contribution in [0.4, 0.5) is 0 Å². The lowest BCUT2D eigenvalue weighted by molar-refractivity contribution is 0.0412. The number of aryl methyl sites for hydroxylation is 1. The fourth-order valence-electron chi connectivity index (χ4n) is 6.92. The molecule has 1 aromatic carbocycles. The number of hydrogen-bond acceptors (Lipinski definition) is 3. The third-order valence-electron chi connectivity index (χ3n) is 8.46. The SMILES string of the molecule is COc1ccc2c(c1)CCC1C2CC[C@]2(C)C(NCCCCCCN)CCC12. The van der Waals surface area contributed by atoms with Gasteiger partial charge in [-0.15, -0.1) is 0 Å². The molecule has 0 heterocycles. The van der Waals surface area contributed by atoms with E-state index in [1.165, 1.54) is 70.8 Å². The highest BCUT2D eigenvalue weighted by Crippen LogP contribution is 2.60. The molecule has 0 aromatic heterocycles. The monoisotopic (exact) mass is 384 g/mol. The number of benzene rings is 1. The van der Waals surface area contributed by atoms with E-state index in [1.54, 1.807) is 18.2 Å². The molecule has 3 N–H and O–H groups in total. The van der Waals surface area contributed by atoms with Gasteiger partial charge in [0.25, 0.3) is 0 Å². The van der Waals surface area contributed by atoms with Crippen molar-refractivity contribution in [3.05, 3.63) is 29.3 Å². The minimum atomic E-state index is 0.502. The molecule has 28 heavy (non-hydrogen) atoms. The van der Waals surface area contributed by atoms with Crippen molar-refractivity contribution in [2.24, 2.45) is 23.0 Å². The zero-order chi connectivity index (χ0) is 19.6. The highest BCUT2D eigenvalue weighted by atomic mass is 16.5. The molecule has 4 unspecified atom stereocenters. The highest BCUT2D eigenvalue weighted by molar-refractivity contribution is 5.40. The first-order valence-corrected chi connectivity index (χ1v) is 11.8. The minimum absolute atomic E-state index is 0.502. The van der Waals surface area contributed by atoms with Gasteiger partial charge in [0.2, 0.25) is 0 Å². The molecular weight excluding hydrogens is 344 g/mol. The third kappa shape index (κ3) is 3.73. The lowest BCUT2D eigenvalue weighted by Gasteiger charge is -2.51. The van der Waals surface area contributed by atoms with Crippen molar-refractivity contribution in [3.8, 4) is 5.75 Å². The lowest BCUT2D eigenvalue weighted by Crippen LogP contribution is -2.48. The van der Waals surface area contributed by atoms with Gasteiger partial charge in [0.1, 0.15) is 5.75 Å². The summed E-state index contributed by atoms with van der Waals surface area (Å²) in [6.45, 7) is 4.64. The van der Waals surface area contributed by atoms with Crippen molar-refractivity contribution >= 4 is 0 Å². The summed E-state index contributed by atoms with van der Waals surface area (Å²) < 4.78 is 5.47. The molecule has 1 aromatic rings. The van der Waals surface area contributed by atoms with Crippen molar-refractivity contribution in [1.82, 2.24) is 5.32 Å². The van der Waals surface area contributed by atoms with Crippen LogP contribution in [0.1, 0.15) is 81.8 Å². The van der Waals surface area contributed by atoms with E-state index in [-0.39, 0.29) is 0 Å². The first-order chi connectivity index (χ1) is 13.7. The predicted molar refractivity (Wildman–Crippen MR) is 117 cm³/mol. The number of hydrogen-bond donors (Lipinski definition) is 2. The van der Waals surface area contributed by atoms with E-state index < -0.39 is 0 Å². The number of unbranched alkanes of at least 4 members (excludes halogenated alkanes) is 3. The summed E-state index contributed by atoms with van der Waals surface area (Å²) in [4.78, 5) is 0. The van der Waals surface area contributed by atoms with Gasteiger partial charge in [-0.2, -0.15) is 0 Å². The molecule has 0 saturated heterocycles. The molecule has 3 heteroatoms. The average molecular weight is 385 g/mol. The van der Waals surface area contributed by atoms with Crippen LogP contribution in [-0.4, -0.2) is 26.2 Å². The lowest BCUT2D eigenvalue weighted by atomic mass is 9.55. The maximum absolute atomic E-state index is 5.61. The fraction of sp³-hybridized carbons (Fsp3) is 0.760. The Morgan fingerprint density at radius 1 is 1.11 bits per heavy atom. The summed E-state index contributed by atoms with van der Waals surface area (Å²) in [5.41, 5.74) is 9.30. The van der Waals surface area contributed by atoms with E-state index in [1.807, 2.05) is 0 Å². The Bertz CT molecular complexity index is 660. The summed E-state index contributed by atoms with van der Waals surface area (Å²) in [5.74, 6) is 3.59. The van der Waals surface area contributed by atoms with Gasteiger partial charge in [-0.1, -0.05) is 25.8 Å². The van der Waals surface area contributed by atoms with Gasteiger partial charge in [-0.3, -0.25) is 0 Å². The summed E-state index contributed by atoms with van der Waals surface area (Å²) in [6.07, 6.45) is 13.3. The van der Waals surface area contributed by atoms with Crippen molar-refractivity contribution in [2.45, 2.75) is 83.1 Å². The number of ether oxygens (including phenoxy) is 1. The van der Waals surface area contributed by atoms with Gasteiger partial charge >= 0.3 is 0 Å². The summed E-state index contributed by atoms with van der Waals surface area (Å²) in [5, 5.41) is 3.98. The topological polar surface area (TPSA) is 47.3 Å². The Kier molecular flexibility index (Phi) is 6.32. The minimum Gasteiger partial charge on any atom is -0.497 e. The molecule has 4 rings (SSSR count). The van der Waals surface area contributed by atoms with E-state index in [2.05, 4.69) is 30.4 Å². The average Bonchev–Trinajstić information content (AvgIpc) is 3.06. The molecule has 2 saturated carbocycles. The normalized spacial score (nSPS) is 33.8. The van der Waals surface area contributed by atoms with E-state index in [4.69, 9.17) is 10.5 Å². The van der Waals surface area contributed by atoms with Crippen LogP contribution in [-0.2, 0) is 6.42 Å². The standard InChI is InChI=1S/C25H40N2O/c1-25-14-13-21-20-10-8-19(28-2)17-18(20)7-9-22(21)23(25)11-12-24(25)27-16-6-4-3-5-15-26/h8,10,17,21-24,27H,3-7,9,11-16,26H2,1-2H3/t21?,22?,23?,24?,25-/m0/s1. The number of rotatable bonds is 8. The largest absolute Gasteiger partial charge is 0.497 e. The molecule has 0 aliphatic heterocycles. The maximum Gasteiger partial charge on any atom is 0.119 e. The zero-order valence-corrected chi connectivity index (χ0v) is 18.0. The predicted octanol–water partition coefficient (Wildman–Crippen LogP) is 5.03. The Labute approximate surface area is 171 Å². The van der Waals surface area contributed by atoms with Crippen molar-refractivity contribution in [3.63, 3.8) is 0 Å². The van der Waals surface area contributed by atoms with Crippen LogP contribution in [0, 0.1) is 17.3 Å². The van der Waals surface area contributed by atoms with Crippen LogP contribution in [0.2, 0.25) is 0 Å². The number of fused-ring (bicyclic) bond motifs is 5. The number of methoxy groups -OCH3 is 1. The van der Waals surface area contributed by atoms with Crippen LogP contribution in [0.15, 0.2) is 18.2 Å². The van der Waals surface area contributed by atoms with E-state index in [0.29, 0.717) is 5.41 Å². The molecule has 3 aliphatic carbocycles. The summed E-state index contributed by atoms with van der Waals surface area (Å²) >= 11 is 0. The number of nitrogens with one attached hydrogen (secondary N) is 1. The fourth-order valence-corrected chi connectivity index (χ4v) is 6.92. The van der Waals surface area contributed by atoms with Crippen molar-refractivity contribution in [2.75, 3.05) is 20.2 Å². The van der Waals surface area contributed by atoms with Gasteiger partial charge < -0.3 is 15.8 Å². The molecule has 3 nitrogen and oxygen atoms in total. The van der Waals surface area contributed by atoms with Crippen LogP contribution in [0.3, 0.4) is 0 Å². The Hall–Kier alpha value is -1.06. The van der Waals surface area contributed by atoms with Gasteiger partial charge in [0, 0.05) is 6.04 Å². The summed E-state index contributed by atoms with van der Waals surface area (Å²) in [7, 11) is 1.78. The maximum atomic E-state index is 5.61. The smallest absolute Gasteiger partial charge is 0.119 e. The molecule has 156 valence electrons. The molecule has 0 bridgehead atoms. The second-order valence-electron chi connectivity index (χ2n) is 9.81. The quantitative estimate of drug-likeness (QED) is 0.618. The first kappa shape index (κ1) is 20.2. The highest BCUT2D eigenvalue weighted by Gasteiger charge is 2.54. The second kappa shape index (κ2) is 8.75. The molecule has 3 aliphatic rings. The molecule has 5 atom stereocenters.